The van der Waals surface area contributed by atoms with E-state index >= 15 is 0 Å². The predicted molar refractivity (Wildman–Crippen MR) is 66.9 cm³/mol. The second-order valence-electron chi connectivity index (χ2n) is 4.67. The minimum Gasteiger partial charge on any atom is -0.468 e. The molecule has 0 saturated carbocycles. The van der Waals surface area contributed by atoms with E-state index in [2.05, 4.69) is 24.2 Å². The van der Waals surface area contributed by atoms with Crippen LogP contribution in [0.2, 0.25) is 0 Å². The molecule has 96 valence electrons. The molecular weight excluding hydrogens is 216 g/mol. The van der Waals surface area contributed by atoms with Crippen molar-refractivity contribution in [3.8, 4) is 0 Å². The first kappa shape index (κ1) is 12.6. The monoisotopic (exact) mass is 238 g/mol. The summed E-state index contributed by atoms with van der Waals surface area (Å²) in [5, 5.41) is 3.38. The third-order valence-corrected chi connectivity index (χ3v) is 3.42. The average molecular weight is 238 g/mol. The highest BCUT2D eigenvalue weighted by atomic mass is 16.5. The second kappa shape index (κ2) is 6.19. The number of nitrogens with zero attached hydrogens (tertiary/aromatic N) is 1. The maximum atomic E-state index is 5.57. The minimum absolute atomic E-state index is 0.366. The third-order valence-electron chi connectivity index (χ3n) is 3.42. The van der Waals surface area contributed by atoms with E-state index in [0.29, 0.717) is 12.1 Å². The van der Waals surface area contributed by atoms with Gasteiger partial charge in [-0.15, -0.1) is 0 Å². The molecule has 2 atom stereocenters. The molecule has 0 aromatic carbocycles. The zero-order valence-electron chi connectivity index (χ0n) is 10.7. The first-order valence-corrected chi connectivity index (χ1v) is 6.32. The van der Waals surface area contributed by atoms with Gasteiger partial charge in [0.05, 0.1) is 18.9 Å². The van der Waals surface area contributed by atoms with Crippen LogP contribution in [0.3, 0.4) is 0 Å². The third kappa shape index (κ3) is 3.56. The van der Waals surface area contributed by atoms with Crippen molar-refractivity contribution in [2.45, 2.75) is 32.0 Å². The van der Waals surface area contributed by atoms with Gasteiger partial charge in [-0.3, -0.25) is 4.90 Å². The molecule has 0 bridgehead atoms. The zero-order valence-corrected chi connectivity index (χ0v) is 10.7. The minimum atomic E-state index is 0.366. The van der Waals surface area contributed by atoms with E-state index in [1.807, 2.05) is 12.1 Å². The van der Waals surface area contributed by atoms with Crippen LogP contribution in [-0.4, -0.2) is 43.8 Å². The molecule has 1 saturated heterocycles. The lowest BCUT2D eigenvalue weighted by Crippen LogP contribution is -2.40. The Morgan fingerprint density at radius 3 is 3.06 bits per heavy atom. The normalized spacial score (nSPS) is 24.6. The van der Waals surface area contributed by atoms with E-state index in [-0.39, 0.29) is 0 Å². The lowest BCUT2D eigenvalue weighted by Gasteiger charge is -2.26. The molecule has 0 amide bonds. The van der Waals surface area contributed by atoms with Crippen LogP contribution < -0.4 is 5.32 Å². The molecule has 1 aliphatic rings. The van der Waals surface area contributed by atoms with Crippen molar-refractivity contribution in [3.05, 3.63) is 24.2 Å². The van der Waals surface area contributed by atoms with Crippen LogP contribution in [0.1, 0.15) is 19.1 Å². The topological polar surface area (TPSA) is 37.6 Å². The van der Waals surface area contributed by atoms with Gasteiger partial charge in [0, 0.05) is 25.7 Å². The van der Waals surface area contributed by atoms with Gasteiger partial charge in [0.15, 0.2) is 0 Å². The van der Waals surface area contributed by atoms with Gasteiger partial charge in [0.25, 0.3) is 0 Å². The van der Waals surface area contributed by atoms with Crippen molar-refractivity contribution in [2.24, 2.45) is 0 Å². The molecule has 0 radical (unpaired) electrons. The van der Waals surface area contributed by atoms with Gasteiger partial charge >= 0.3 is 0 Å². The van der Waals surface area contributed by atoms with Crippen molar-refractivity contribution in [1.29, 1.82) is 0 Å². The van der Waals surface area contributed by atoms with Gasteiger partial charge in [0.1, 0.15) is 5.76 Å². The Morgan fingerprint density at radius 1 is 1.53 bits per heavy atom. The molecule has 4 nitrogen and oxygen atoms in total. The molecule has 2 unspecified atom stereocenters. The van der Waals surface area contributed by atoms with E-state index in [1.165, 1.54) is 0 Å². The Balaban J connectivity index is 1.61. The van der Waals surface area contributed by atoms with Crippen LogP contribution in [-0.2, 0) is 11.3 Å². The van der Waals surface area contributed by atoms with Crippen molar-refractivity contribution in [3.63, 3.8) is 0 Å². The summed E-state index contributed by atoms with van der Waals surface area (Å²) >= 11 is 0. The standard InChI is InChI=1S/C13H22N2O2/c1-11-13(5-9-16-11)15(2)7-6-14-10-12-4-3-8-17-12/h3-4,8,11,13-14H,5-7,9-10H2,1-2H3. The Kier molecular flexibility index (Phi) is 4.59. The van der Waals surface area contributed by atoms with E-state index in [9.17, 15) is 0 Å². The summed E-state index contributed by atoms with van der Waals surface area (Å²) in [6.45, 7) is 5.87. The highest BCUT2D eigenvalue weighted by Crippen LogP contribution is 2.17. The van der Waals surface area contributed by atoms with Gasteiger partial charge in [-0.2, -0.15) is 0 Å². The number of hydrogen-bond acceptors (Lipinski definition) is 4. The van der Waals surface area contributed by atoms with E-state index in [0.717, 1.165) is 38.4 Å². The number of hydrogen-bond donors (Lipinski definition) is 1. The second-order valence-corrected chi connectivity index (χ2v) is 4.67. The van der Waals surface area contributed by atoms with Gasteiger partial charge in [0.2, 0.25) is 0 Å². The van der Waals surface area contributed by atoms with Gasteiger partial charge in [-0.1, -0.05) is 0 Å². The molecule has 0 aliphatic carbocycles. The summed E-state index contributed by atoms with van der Waals surface area (Å²) in [5.41, 5.74) is 0. The summed E-state index contributed by atoms with van der Waals surface area (Å²) in [6.07, 6.45) is 3.22. The number of furan rings is 1. The SMILES string of the molecule is CC1OCCC1N(C)CCNCc1ccco1. The van der Waals surface area contributed by atoms with E-state index in [1.54, 1.807) is 6.26 Å². The summed E-state index contributed by atoms with van der Waals surface area (Å²) in [5.74, 6) is 0.991. The number of nitrogens with one attached hydrogen (secondary N) is 1. The summed E-state index contributed by atoms with van der Waals surface area (Å²) in [7, 11) is 2.17. The highest BCUT2D eigenvalue weighted by Gasteiger charge is 2.27. The van der Waals surface area contributed by atoms with Crippen LogP contribution in [0.5, 0.6) is 0 Å². The average Bonchev–Trinajstić information content (AvgIpc) is 2.95. The van der Waals surface area contributed by atoms with Crippen LogP contribution in [0, 0.1) is 0 Å². The van der Waals surface area contributed by atoms with E-state index < -0.39 is 0 Å². The van der Waals surface area contributed by atoms with Crippen molar-refractivity contribution in [2.75, 3.05) is 26.7 Å². The van der Waals surface area contributed by atoms with Crippen LogP contribution >= 0.6 is 0 Å². The Bertz CT molecular complexity index is 313. The van der Waals surface area contributed by atoms with Gasteiger partial charge < -0.3 is 14.5 Å². The van der Waals surface area contributed by atoms with Crippen LogP contribution in [0.15, 0.2) is 22.8 Å². The fourth-order valence-corrected chi connectivity index (χ4v) is 2.35. The quantitative estimate of drug-likeness (QED) is 0.762. The number of rotatable bonds is 6. The Labute approximate surface area is 103 Å². The summed E-state index contributed by atoms with van der Waals surface area (Å²) < 4.78 is 10.8. The largest absolute Gasteiger partial charge is 0.468 e. The predicted octanol–water partition coefficient (Wildman–Crippen LogP) is 1.48. The first-order valence-electron chi connectivity index (χ1n) is 6.32. The van der Waals surface area contributed by atoms with Crippen LogP contribution in [0.25, 0.3) is 0 Å². The fourth-order valence-electron chi connectivity index (χ4n) is 2.35. The molecule has 2 heterocycles. The van der Waals surface area contributed by atoms with Crippen molar-refractivity contribution in [1.82, 2.24) is 10.2 Å². The zero-order chi connectivity index (χ0) is 12.1. The van der Waals surface area contributed by atoms with Gasteiger partial charge in [-0.25, -0.2) is 0 Å². The molecule has 1 aliphatic heterocycles. The molecule has 1 aromatic rings. The molecule has 4 heteroatoms. The maximum absolute atomic E-state index is 5.57. The maximum Gasteiger partial charge on any atom is 0.117 e. The summed E-state index contributed by atoms with van der Waals surface area (Å²) in [6, 6.07) is 4.48. The number of ether oxygens (including phenoxy) is 1. The lowest BCUT2D eigenvalue weighted by molar-refractivity contribution is 0.0839. The Morgan fingerprint density at radius 2 is 2.41 bits per heavy atom. The molecule has 2 rings (SSSR count). The Hall–Kier alpha value is -0.840. The van der Waals surface area contributed by atoms with E-state index in [4.69, 9.17) is 9.15 Å². The molecule has 1 aromatic heterocycles. The van der Waals surface area contributed by atoms with Crippen molar-refractivity contribution >= 4 is 0 Å². The highest BCUT2D eigenvalue weighted by molar-refractivity contribution is 4.97. The summed E-state index contributed by atoms with van der Waals surface area (Å²) in [4.78, 5) is 2.38. The smallest absolute Gasteiger partial charge is 0.117 e. The lowest BCUT2D eigenvalue weighted by atomic mass is 10.1. The first-order chi connectivity index (χ1) is 8.27. The molecule has 1 fully saturated rings. The molecule has 17 heavy (non-hydrogen) atoms. The van der Waals surface area contributed by atoms with Gasteiger partial charge in [-0.05, 0) is 32.5 Å². The fraction of sp³-hybridized carbons (Fsp3) is 0.692. The number of likely N-dealkylation sites (N-methyl/N-ethyl adjacent to an activating group) is 1. The molecular formula is C13H22N2O2. The molecule has 1 N–H and O–H groups in total. The van der Waals surface area contributed by atoms with Crippen molar-refractivity contribution < 1.29 is 9.15 Å². The van der Waals surface area contributed by atoms with Crippen LogP contribution in [0.4, 0.5) is 0 Å². The molecule has 0 spiro atoms.